The van der Waals surface area contributed by atoms with Gasteiger partial charge in [-0.2, -0.15) is 0 Å². The molecule has 0 aromatic rings. The molecule has 15 heavy (non-hydrogen) atoms. The molecule has 0 heterocycles. The first-order valence-electron chi connectivity index (χ1n) is 5.98. The number of rotatable bonds is 10. The molecule has 92 valence electrons. The Bertz CT molecular complexity index is 131. The highest BCUT2D eigenvalue weighted by Gasteiger charge is 2.10. The van der Waals surface area contributed by atoms with Crippen LogP contribution in [0.3, 0.4) is 0 Å². The molecule has 0 fully saturated rings. The molecular formula is C12H27NO2. The minimum absolute atomic E-state index is 0.488. The summed E-state index contributed by atoms with van der Waals surface area (Å²) in [5.74, 6) is 0. The van der Waals surface area contributed by atoms with Crippen LogP contribution < -0.4 is 5.32 Å². The molecule has 0 bridgehead atoms. The van der Waals surface area contributed by atoms with Gasteiger partial charge in [-0.1, -0.05) is 19.8 Å². The summed E-state index contributed by atoms with van der Waals surface area (Å²) in [6.07, 6.45) is 4.76. The molecule has 2 unspecified atom stereocenters. The summed E-state index contributed by atoms with van der Waals surface area (Å²) in [6, 6.07) is 0.990. The van der Waals surface area contributed by atoms with Crippen molar-refractivity contribution in [2.45, 2.75) is 51.6 Å². The number of unbranched alkanes of at least 4 members (excludes halogenated alkanes) is 1. The van der Waals surface area contributed by atoms with Gasteiger partial charge in [-0.25, -0.2) is 0 Å². The van der Waals surface area contributed by atoms with Gasteiger partial charge in [0.25, 0.3) is 0 Å². The van der Waals surface area contributed by atoms with E-state index in [0.29, 0.717) is 12.1 Å². The second kappa shape index (κ2) is 10.4. The molecule has 0 aromatic heterocycles. The molecule has 0 spiro atoms. The zero-order chi connectivity index (χ0) is 11.5. The molecule has 0 rings (SSSR count). The van der Waals surface area contributed by atoms with E-state index < -0.39 is 0 Å². The third-order valence-electron chi connectivity index (χ3n) is 2.55. The molecule has 1 N–H and O–H groups in total. The molecule has 2 atom stereocenters. The predicted octanol–water partition coefficient (Wildman–Crippen LogP) is 2.21. The third kappa shape index (κ3) is 8.85. The van der Waals surface area contributed by atoms with Crippen LogP contribution in [0.15, 0.2) is 0 Å². The number of ether oxygens (including phenoxy) is 2. The van der Waals surface area contributed by atoms with Crippen molar-refractivity contribution >= 4 is 0 Å². The van der Waals surface area contributed by atoms with Crippen LogP contribution in [0.25, 0.3) is 0 Å². The van der Waals surface area contributed by atoms with Gasteiger partial charge in [0.2, 0.25) is 0 Å². The molecule has 3 heteroatoms. The Morgan fingerprint density at radius 2 is 1.87 bits per heavy atom. The molecule has 0 aliphatic carbocycles. The van der Waals surface area contributed by atoms with Gasteiger partial charge in [0.1, 0.15) is 0 Å². The van der Waals surface area contributed by atoms with Crippen molar-refractivity contribution in [3.8, 4) is 0 Å². The molecular weight excluding hydrogens is 190 g/mol. The number of methoxy groups -OCH3 is 2. The SMILES string of the molecule is CCCCC(COC)NC(C)CCOC. The highest BCUT2D eigenvalue weighted by Crippen LogP contribution is 2.03. The van der Waals surface area contributed by atoms with E-state index in [9.17, 15) is 0 Å². The van der Waals surface area contributed by atoms with Crippen LogP contribution in [-0.2, 0) is 9.47 Å². The van der Waals surface area contributed by atoms with Crippen LogP contribution in [0.5, 0.6) is 0 Å². The largest absolute Gasteiger partial charge is 0.385 e. The molecule has 0 aliphatic heterocycles. The van der Waals surface area contributed by atoms with Gasteiger partial charge in [-0.15, -0.1) is 0 Å². The second-order valence-electron chi connectivity index (χ2n) is 4.14. The van der Waals surface area contributed by atoms with Gasteiger partial charge in [0.05, 0.1) is 6.61 Å². The Morgan fingerprint density at radius 1 is 1.13 bits per heavy atom. The zero-order valence-corrected chi connectivity index (χ0v) is 10.7. The van der Waals surface area contributed by atoms with Crippen molar-refractivity contribution in [3.63, 3.8) is 0 Å². The Hall–Kier alpha value is -0.120. The summed E-state index contributed by atoms with van der Waals surface area (Å²) in [6.45, 7) is 6.05. The topological polar surface area (TPSA) is 30.5 Å². The van der Waals surface area contributed by atoms with Crippen molar-refractivity contribution in [2.75, 3.05) is 27.4 Å². The van der Waals surface area contributed by atoms with Gasteiger partial charge in [-0.05, 0) is 19.8 Å². The molecule has 0 amide bonds. The Labute approximate surface area is 94.5 Å². The minimum atomic E-state index is 0.488. The first-order chi connectivity index (χ1) is 7.24. The van der Waals surface area contributed by atoms with E-state index in [1.807, 2.05) is 0 Å². The molecule has 0 radical (unpaired) electrons. The van der Waals surface area contributed by atoms with Crippen molar-refractivity contribution in [2.24, 2.45) is 0 Å². The highest BCUT2D eigenvalue weighted by atomic mass is 16.5. The lowest BCUT2D eigenvalue weighted by Gasteiger charge is -2.22. The van der Waals surface area contributed by atoms with Crippen LogP contribution >= 0.6 is 0 Å². The normalized spacial score (nSPS) is 15.2. The van der Waals surface area contributed by atoms with Gasteiger partial charge in [0, 0.05) is 32.9 Å². The number of hydrogen-bond acceptors (Lipinski definition) is 3. The summed E-state index contributed by atoms with van der Waals surface area (Å²) < 4.78 is 10.3. The van der Waals surface area contributed by atoms with Crippen LogP contribution in [-0.4, -0.2) is 39.5 Å². The maximum Gasteiger partial charge on any atom is 0.0615 e. The van der Waals surface area contributed by atoms with Gasteiger partial charge in [0.15, 0.2) is 0 Å². The van der Waals surface area contributed by atoms with Gasteiger partial charge >= 0.3 is 0 Å². The fourth-order valence-corrected chi connectivity index (χ4v) is 1.65. The highest BCUT2D eigenvalue weighted by molar-refractivity contribution is 4.71. The zero-order valence-electron chi connectivity index (χ0n) is 10.7. The summed E-state index contributed by atoms with van der Waals surface area (Å²) in [4.78, 5) is 0. The van der Waals surface area contributed by atoms with E-state index in [1.165, 1.54) is 19.3 Å². The van der Waals surface area contributed by atoms with Crippen LogP contribution in [0.2, 0.25) is 0 Å². The molecule has 3 nitrogen and oxygen atoms in total. The van der Waals surface area contributed by atoms with Crippen molar-refractivity contribution in [1.29, 1.82) is 0 Å². The lowest BCUT2D eigenvalue weighted by atomic mass is 10.1. The van der Waals surface area contributed by atoms with Crippen LogP contribution in [0.4, 0.5) is 0 Å². The maximum absolute atomic E-state index is 5.21. The maximum atomic E-state index is 5.21. The average Bonchev–Trinajstić information content (AvgIpc) is 2.23. The van der Waals surface area contributed by atoms with E-state index in [4.69, 9.17) is 9.47 Å². The first kappa shape index (κ1) is 14.9. The second-order valence-corrected chi connectivity index (χ2v) is 4.14. The summed E-state index contributed by atoms with van der Waals surface area (Å²) in [7, 11) is 3.51. The average molecular weight is 217 g/mol. The van der Waals surface area contributed by atoms with E-state index in [-0.39, 0.29) is 0 Å². The van der Waals surface area contributed by atoms with E-state index in [0.717, 1.165) is 19.6 Å². The lowest BCUT2D eigenvalue weighted by Crippen LogP contribution is -2.40. The summed E-state index contributed by atoms with van der Waals surface area (Å²) in [5, 5.41) is 3.58. The van der Waals surface area contributed by atoms with Gasteiger partial charge in [-0.3, -0.25) is 0 Å². The first-order valence-corrected chi connectivity index (χ1v) is 5.98. The van der Waals surface area contributed by atoms with Crippen molar-refractivity contribution in [3.05, 3.63) is 0 Å². The summed E-state index contributed by atoms with van der Waals surface area (Å²) in [5.41, 5.74) is 0. The van der Waals surface area contributed by atoms with Crippen LogP contribution in [0.1, 0.15) is 39.5 Å². The molecule has 0 aromatic carbocycles. The standard InChI is InChI=1S/C12H27NO2/c1-5-6-7-12(10-15-4)13-11(2)8-9-14-3/h11-13H,5-10H2,1-4H3. The quantitative estimate of drug-likeness (QED) is 0.608. The molecule has 0 saturated carbocycles. The fourth-order valence-electron chi connectivity index (χ4n) is 1.65. The molecule has 0 aliphatic rings. The molecule has 0 saturated heterocycles. The van der Waals surface area contributed by atoms with E-state index in [1.54, 1.807) is 14.2 Å². The minimum Gasteiger partial charge on any atom is -0.385 e. The Morgan fingerprint density at radius 3 is 2.40 bits per heavy atom. The fraction of sp³-hybridized carbons (Fsp3) is 1.00. The van der Waals surface area contributed by atoms with E-state index in [2.05, 4.69) is 19.2 Å². The van der Waals surface area contributed by atoms with Crippen molar-refractivity contribution in [1.82, 2.24) is 5.32 Å². The van der Waals surface area contributed by atoms with E-state index >= 15 is 0 Å². The monoisotopic (exact) mass is 217 g/mol. The van der Waals surface area contributed by atoms with Crippen molar-refractivity contribution < 1.29 is 9.47 Å². The third-order valence-corrected chi connectivity index (χ3v) is 2.55. The Balaban J connectivity index is 3.70. The summed E-state index contributed by atoms with van der Waals surface area (Å²) >= 11 is 0. The smallest absolute Gasteiger partial charge is 0.0615 e. The lowest BCUT2D eigenvalue weighted by molar-refractivity contribution is 0.145. The number of hydrogen-bond donors (Lipinski definition) is 1. The van der Waals surface area contributed by atoms with Crippen LogP contribution in [0, 0.1) is 0 Å². The van der Waals surface area contributed by atoms with Gasteiger partial charge < -0.3 is 14.8 Å². The number of nitrogens with one attached hydrogen (secondary N) is 1. The Kier molecular flexibility index (Phi) is 10.3. The predicted molar refractivity (Wildman–Crippen MR) is 64.3 cm³/mol.